The van der Waals surface area contributed by atoms with Crippen LogP contribution in [0.25, 0.3) is 22.3 Å². The second-order valence-corrected chi connectivity index (χ2v) is 6.26. The summed E-state index contributed by atoms with van der Waals surface area (Å²) in [7, 11) is 0. The quantitative estimate of drug-likeness (QED) is 0.462. The maximum Gasteiger partial charge on any atom is 0.408 e. The molecule has 0 aliphatic heterocycles. The summed E-state index contributed by atoms with van der Waals surface area (Å²) in [4.78, 5) is 11.5. The topological polar surface area (TPSA) is 50.7 Å². The zero-order chi connectivity index (χ0) is 19.1. The van der Waals surface area contributed by atoms with Gasteiger partial charge in [-0.1, -0.05) is 29.3 Å². The number of halogens is 6. The number of anilines is 1. The Morgan fingerprint density at radius 1 is 1.12 bits per heavy atom. The standard InChI is InChI=1S/C16H10Cl2F4N4/c1-7(16(20,21)22)25-12-11(9-3-2-8(17)6-10(9)18)14(19)26-15-13(12)23-4-5-24-15/h2-7H,1H3,(H,24,25,26)/t7-/m0/s1. The molecule has 3 rings (SSSR count). The fraction of sp³-hybridized carbons (Fsp3) is 0.188. The minimum absolute atomic E-state index is 0.00832. The van der Waals surface area contributed by atoms with Gasteiger partial charge < -0.3 is 5.32 Å². The maximum atomic E-state index is 14.7. The van der Waals surface area contributed by atoms with Gasteiger partial charge in [-0.3, -0.25) is 0 Å². The smallest absolute Gasteiger partial charge is 0.372 e. The molecular formula is C16H10Cl2F4N4. The number of rotatable bonds is 3. The van der Waals surface area contributed by atoms with Crippen LogP contribution < -0.4 is 5.32 Å². The first kappa shape index (κ1) is 18.6. The number of pyridine rings is 1. The van der Waals surface area contributed by atoms with E-state index in [-0.39, 0.29) is 33.0 Å². The average molecular weight is 405 g/mol. The van der Waals surface area contributed by atoms with Crippen LogP contribution in [0.15, 0.2) is 30.6 Å². The molecule has 26 heavy (non-hydrogen) atoms. The molecule has 1 atom stereocenters. The van der Waals surface area contributed by atoms with E-state index >= 15 is 0 Å². The molecule has 136 valence electrons. The summed E-state index contributed by atoms with van der Waals surface area (Å²) in [6.07, 6.45) is -2.02. The van der Waals surface area contributed by atoms with Crippen LogP contribution in [0.3, 0.4) is 0 Å². The van der Waals surface area contributed by atoms with Crippen molar-refractivity contribution in [3.05, 3.63) is 46.6 Å². The monoisotopic (exact) mass is 404 g/mol. The van der Waals surface area contributed by atoms with Crippen LogP contribution in [0.1, 0.15) is 6.92 Å². The average Bonchev–Trinajstić information content (AvgIpc) is 2.55. The molecule has 0 fully saturated rings. The Kier molecular flexibility index (Phi) is 4.90. The number of alkyl halides is 3. The predicted octanol–water partition coefficient (Wildman–Crippen LogP) is 5.50. The van der Waals surface area contributed by atoms with Crippen LogP contribution in [0.2, 0.25) is 10.0 Å². The van der Waals surface area contributed by atoms with Crippen molar-refractivity contribution in [2.45, 2.75) is 19.1 Å². The lowest BCUT2D eigenvalue weighted by molar-refractivity contribution is -0.138. The SMILES string of the molecule is C[C@H](Nc1c(-c2ccc(Cl)cc2Cl)c(F)nc2nccnc12)C(F)(F)F. The summed E-state index contributed by atoms with van der Waals surface area (Å²) in [5.74, 6) is -1.03. The lowest BCUT2D eigenvalue weighted by atomic mass is 10.0. The number of fused-ring (bicyclic) bond motifs is 1. The Morgan fingerprint density at radius 2 is 1.81 bits per heavy atom. The number of nitrogens with zero attached hydrogens (tertiary/aromatic N) is 3. The van der Waals surface area contributed by atoms with E-state index in [2.05, 4.69) is 20.3 Å². The normalized spacial score (nSPS) is 13.0. The molecule has 0 saturated carbocycles. The first-order chi connectivity index (χ1) is 12.2. The second kappa shape index (κ2) is 6.85. The Morgan fingerprint density at radius 3 is 2.46 bits per heavy atom. The van der Waals surface area contributed by atoms with Gasteiger partial charge in [-0.2, -0.15) is 22.5 Å². The van der Waals surface area contributed by atoms with E-state index < -0.39 is 18.2 Å². The van der Waals surface area contributed by atoms with E-state index in [0.717, 1.165) is 6.92 Å². The fourth-order valence-corrected chi connectivity index (χ4v) is 2.84. The molecule has 0 bridgehead atoms. The van der Waals surface area contributed by atoms with Crippen LogP contribution in [-0.4, -0.2) is 27.2 Å². The molecule has 2 aromatic heterocycles. The third-order valence-electron chi connectivity index (χ3n) is 3.63. The molecule has 0 radical (unpaired) electrons. The lowest BCUT2D eigenvalue weighted by Crippen LogP contribution is -2.33. The van der Waals surface area contributed by atoms with Crippen molar-refractivity contribution in [2.75, 3.05) is 5.32 Å². The zero-order valence-electron chi connectivity index (χ0n) is 13.1. The van der Waals surface area contributed by atoms with Gasteiger partial charge >= 0.3 is 6.18 Å². The van der Waals surface area contributed by atoms with Crippen LogP contribution in [-0.2, 0) is 0 Å². The maximum absolute atomic E-state index is 14.7. The van der Waals surface area contributed by atoms with E-state index in [1.54, 1.807) is 0 Å². The van der Waals surface area contributed by atoms with Gasteiger partial charge in [0.05, 0.1) is 16.3 Å². The molecular weight excluding hydrogens is 395 g/mol. The first-order valence-corrected chi connectivity index (χ1v) is 8.03. The van der Waals surface area contributed by atoms with Crippen molar-refractivity contribution in [3.63, 3.8) is 0 Å². The largest absolute Gasteiger partial charge is 0.408 e. The van der Waals surface area contributed by atoms with Crippen LogP contribution in [0.4, 0.5) is 23.2 Å². The first-order valence-electron chi connectivity index (χ1n) is 7.27. The zero-order valence-corrected chi connectivity index (χ0v) is 14.6. The second-order valence-electron chi connectivity index (χ2n) is 5.41. The predicted molar refractivity (Wildman–Crippen MR) is 91.9 cm³/mol. The van der Waals surface area contributed by atoms with Crippen LogP contribution in [0.5, 0.6) is 0 Å². The van der Waals surface area contributed by atoms with Gasteiger partial charge in [0.15, 0.2) is 5.65 Å². The van der Waals surface area contributed by atoms with Crippen LogP contribution in [0, 0.1) is 5.95 Å². The molecule has 0 aliphatic rings. The van der Waals surface area contributed by atoms with Gasteiger partial charge in [0.1, 0.15) is 11.6 Å². The molecule has 0 unspecified atom stereocenters. The molecule has 1 N–H and O–H groups in total. The Labute approximate surface area is 155 Å². The summed E-state index contributed by atoms with van der Waals surface area (Å²) < 4.78 is 53.9. The van der Waals surface area contributed by atoms with E-state index in [9.17, 15) is 17.6 Å². The van der Waals surface area contributed by atoms with Gasteiger partial charge in [-0.15, -0.1) is 0 Å². The van der Waals surface area contributed by atoms with Gasteiger partial charge in [-0.25, -0.2) is 9.97 Å². The summed E-state index contributed by atoms with van der Waals surface area (Å²) in [5, 5.41) is 2.63. The number of benzene rings is 1. The van der Waals surface area contributed by atoms with Crippen LogP contribution >= 0.6 is 23.2 Å². The molecule has 1 aromatic carbocycles. The molecule has 10 heteroatoms. The lowest BCUT2D eigenvalue weighted by Gasteiger charge is -2.22. The Hall–Kier alpha value is -2.19. The fourth-order valence-electron chi connectivity index (χ4n) is 2.34. The third kappa shape index (κ3) is 3.52. The molecule has 0 saturated heterocycles. The highest BCUT2D eigenvalue weighted by atomic mass is 35.5. The van der Waals surface area contributed by atoms with Crippen molar-refractivity contribution in [2.24, 2.45) is 0 Å². The highest BCUT2D eigenvalue weighted by Crippen LogP contribution is 2.40. The number of aromatic nitrogens is 3. The van der Waals surface area contributed by atoms with Gasteiger partial charge in [0.25, 0.3) is 0 Å². The van der Waals surface area contributed by atoms with Gasteiger partial charge in [0.2, 0.25) is 5.95 Å². The summed E-state index contributed by atoms with van der Waals surface area (Å²) in [5.41, 5.74) is -0.447. The minimum Gasteiger partial charge on any atom is -0.372 e. The Balaban J connectivity index is 2.30. The van der Waals surface area contributed by atoms with E-state index in [4.69, 9.17) is 23.2 Å². The van der Waals surface area contributed by atoms with Crippen molar-refractivity contribution in [1.82, 2.24) is 15.0 Å². The number of hydrogen-bond acceptors (Lipinski definition) is 4. The van der Waals surface area contributed by atoms with E-state index in [0.29, 0.717) is 5.02 Å². The molecule has 4 nitrogen and oxygen atoms in total. The van der Waals surface area contributed by atoms with Crippen molar-refractivity contribution < 1.29 is 17.6 Å². The summed E-state index contributed by atoms with van der Waals surface area (Å²) >= 11 is 12.0. The van der Waals surface area contributed by atoms with Gasteiger partial charge in [0, 0.05) is 23.0 Å². The summed E-state index contributed by atoms with van der Waals surface area (Å²) in [6.45, 7) is 0.910. The molecule has 3 aromatic rings. The number of hydrogen-bond donors (Lipinski definition) is 1. The molecule has 0 aliphatic carbocycles. The molecule has 0 spiro atoms. The van der Waals surface area contributed by atoms with Crippen molar-refractivity contribution in [1.29, 1.82) is 0 Å². The third-order valence-corrected chi connectivity index (χ3v) is 4.18. The summed E-state index contributed by atoms with van der Waals surface area (Å²) in [6, 6.07) is 2.23. The Bertz CT molecular complexity index is 978. The van der Waals surface area contributed by atoms with Gasteiger partial charge in [-0.05, 0) is 19.1 Å². The van der Waals surface area contributed by atoms with E-state index in [1.807, 2.05) is 0 Å². The van der Waals surface area contributed by atoms with Crippen molar-refractivity contribution in [3.8, 4) is 11.1 Å². The molecule has 2 heterocycles. The number of nitrogens with one attached hydrogen (secondary N) is 1. The van der Waals surface area contributed by atoms with Crippen molar-refractivity contribution >= 4 is 40.1 Å². The highest BCUT2D eigenvalue weighted by molar-refractivity contribution is 6.36. The molecule has 0 amide bonds. The highest BCUT2D eigenvalue weighted by Gasteiger charge is 2.37. The van der Waals surface area contributed by atoms with E-state index in [1.165, 1.54) is 30.6 Å². The minimum atomic E-state index is -4.56.